The molecule has 0 aliphatic heterocycles. The van der Waals surface area contributed by atoms with Gasteiger partial charge in [-0.25, -0.2) is 4.98 Å². The highest BCUT2D eigenvalue weighted by Gasteiger charge is 2.12. The Morgan fingerprint density at radius 3 is 2.79 bits per heavy atom. The highest BCUT2D eigenvalue weighted by molar-refractivity contribution is 6.28. The van der Waals surface area contributed by atoms with Crippen molar-refractivity contribution in [3.63, 3.8) is 0 Å². The van der Waals surface area contributed by atoms with Gasteiger partial charge in [0.2, 0.25) is 11.1 Å². The van der Waals surface area contributed by atoms with E-state index in [0.717, 1.165) is 18.2 Å². The predicted molar refractivity (Wildman–Crippen MR) is 69.4 cm³/mol. The molecule has 0 unspecified atom stereocenters. The molecule has 0 radical (unpaired) electrons. The van der Waals surface area contributed by atoms with Crippen LogP contribution in [0.4, 0.5) is 4.39 Å². The first kappa shape index (κ1) is 13.5. The van der Waals surface area contributed by atoms with E-state index in [1.807, 2.05) is 19.1 Å². The minimum absolute atomic E-state index is 0.0828. The minimum Gasteiger partial charge on any atom is -0.493 e. The Labute approximate surface area is 115 Å². The van der Waals surface area contributed by atoms with Crippen LogP contribution in [0.1, 0.15) is 12.5 Å². The Hall–Kier alpha value is -1.88. The van der Waals surface area contributed by atoms with Crippen molar-refractivity contribution in [2.24, 2.45) is 0 Å². The van der Waals surface area contributed by atoms with Crippen LogP contribution in [0.25, 0.3) is 0 Å². The van der Waals surface area contributed by atoms with Crippen LogP contribution in [0.2, 0.25) is 5.28 Å². The molecule has 4 nitrogen and oxygen atoms in total. The molecule has 1 heterocycles. The van der Waals surface area contributed by atoms with E-state index in [9.17, 15) is 4.39 Å². The Kier molecular flexibility index (Phi) is 4.16. The second-order valence-corrected chi connectivity index (χ2v) is 4.07. The molecule has 0 amide bonds. The first-order valence-electron chi connectivity index (χ1n) is 5.66. The Morgan fingerprint density at radius 1 is 1.32 bits per heavy atom. The van der Waals surface area contributed by atoms with Crippen LogP contribution in [0.5, 0.6) is 17.4 Å². The number of nitrogens with zero attached hydrogens (tertiary/aromatic N) is 2. The van der Waals surface area contributed by atoms with Crippen LogP contribution in [0.3, 0.4) is 0 Å². The van der Waals surface area contributed by atoms with Crippen molar-refractivity contribution >= 4 is 11.6 Å². The molecular weight excluding hydrogens is 271 g/mol. The summed E-state index contributed by atoms with van der Waals surface area (Å²) in [6.07, 6.45) is 1.82. The summed E-state index contributed by atoms with van der Waals surface area (Å²) in [6, 6.07) is 5.40. The lowest BCUT2D eigenvalue weighted by atomic mass is 10.1. The number of rotatable bonds is 4. The third-order valence-electron chi connectivity index (χ3n) is 2.53. The van der Waals surface area contributed by atoms with E-state index in [4.69, 9.17) is 21.1 Å². The number of methoxy groups -OCH3 is 1. The van der Waals surface area contributed by atoms with Gasteiger partial charge in [0.05, 0.1) is 13.3 Å². The highest BCUT2D eigenvalue weighted by Crippen LogP contribution is 2.32. The zero-order valence-electron chi connectivity index (χ0n) is 10.5. The standard InChI is InChI=1S/C13H12ClFN2O2/c1-3-8-4-5-10(11(6-8)18-2)19-12-9(15)7-16-13(14)17-12/h4-7H,3H2,1-2H3. The summed E-state index contributed by atoms with van der Waals surface area (Å²) in [6.45, 7) is 2.03. The maximum absolute atomic E-state index is 13.5. The van der Waals surface area contributed by atoms with Gasteiger partial charge in [0.15, 0.2) is 11.5 Å². The van der Waals surface area contributed by atoms with Crippen molar-refractivity contribution in [2.75, 3.05) is 7.11 Å². The lowest BCUT2D eigenvalue weighted by Crippen LogP contribution is -1.97. The third kappa shape index (κ3) is 3.12. The molecule has 0 N–H and O–H groups in total. The third-order valence-corrected chi connectivity index (χ3v) is 2.71. The van der Waals surface area contributed by atoms with Gasteiger partial charge in [-0.05, 0) is 35.7 Å². The maximum Gasteiger partial charge on any atom is 0.260 e. The van der Waals surface area contributed by atoms with Crippen LogP contribution in [-0.4, -0.2) is 17.1 Å². The Bertz CT molecular complexity index is 593. The Morgan fingerprint density at radius 2 is 2.11 bits per heavy atom. The number of halogens is 2. The molecule has 1 aromatic carbocycles. The first-order chi connectivity index (χ1) is 9.13. The average Bonchev–Trinajstić information content (AvgIpc) is 2.43. The minimum atomic E-state index is -0.689. The number of hydrogen-bond acceptors (Lipinski definition) is 4. The number of ether oxygens (including phenoxy) is 2. The molecule has 0 spiro atoms. The highest BCUT2D eigenvalue weighted by atomic mass is 35.5. The van der Waals surface area contributed by atoms with E-state index in [2.05, 4.69) is 9.97 Å². The molecule has 2 rings (SSSR count). The van der Waals surface area contributed by atoms with E-state index < -0.39 is 5.82 Å². The van der Waals surface area contributed by atoms with Crippen molar-refractivity contribution in [1.29, 1.82) is 0 Å². The van der Waals surface area contributed by atoms with E-state index in [-0.39, 0.29) is 11.2 Å². The molecule has 0 atom stereocenters. The fraction of sp³-hybridized carbons (Fsp3) is 0.231. The van der Waals surface area contributed by atoms with Crippen molar-refractivity contribution in [3.05, 3.63) is 41.1 Å². The summed E-state index contributed by atoms with van der Waals surface area (Å²) >= 11 is 5.60. The van der Waals surface area contributed by atoms with E-state index >= 15 is 0 Å². The monoisotopic (exact) mass is 282 g/mol. The topological polar surface area (TPSA) is 44.2 Å². The van der Waals surface area contributed by atoms with E-state index in [1.165, 1.54) is 7.11 Å². The van der Waals surface area contributed by atoms with Crippen LogP contribution in [0, 0.1) is 5.82 Å². The van der Waals surface area contributed by atoms with Gasteiger partial charge in [-0.2, -0.15) is 9.37 Å². The SMILES string of the molecule is CCc1ccc(Oc2nc(Cl)ncc2F)c(OC)c1. The quantitative estimate of drug-likeness (QED) is 0.803. The summed E-state index contributed by atoms with van der Waals surface area (Å²) in [5.41, 5.74) is 1.09. The summed E-state index contributed by atoms with van der Waals surface area (Å²) < 4.78 is 24.1. The van der Waals surface area contributed by atoms with Gasteiger partial charge in [-0.3, -0.25) is 0 Å². The molecule has 0 bridgehead atoms. The van der Waals surface area contributed by atoms with Gasteiger partial charge in [0.1, 0.15) is 0 Å². The second kappa shape index (κ2) is 5.84. The van der Waals surface area contributed by atoms with E-state index in [1.54, 1.807) is 6.07 Å². The second-order valence-electron chi connectivity index (χ2n) is 3.73. The van der Waals surface area contributed by atoms with Gasteiger partial charge < -0.3 is 9.47 Å². The molecular formula is C13H12ClFN2O2. The predicted octanol–water partition coefficient (Wildman–Crippen LogP) is 3.63. The van der Waals surface area contributed by atoms with Gasteiger partial charge in [-0.1, -0.05) is 13.0 Å². The lowest BCUT2D eigenvalue weighted by molar-refractivity contribution is 0.362. The summed E-state index contributed by atoms with van der Waals surface area (Å²) in [5.74, 6) is -0.0459. The number of aryl methyl sites for hydroxylation is 1. The van der Waals surface area contributed by atoms with Crippen LogP contribution >= 0.6 is 11.6 Å². The number of benzene rings is 1. The largest absolute Gasteiger partial charge is 0.493 e. The van der Waals surface area contributed by atoms with Gasteiger partial charge in [-0.15, -0.1) is 0 Å². The smallest absolute Gasteiger partial charge is 0.260 e. The lowest BCUT2D eigenvalue weighted by Gasteiger charge is -2.11. The van der Waals surface area contributed by atoms with Crippen LogP contribution in [0.15, 0.2) is 24.4 Å². The molecule has 1 aromatic heterocycles. The van der Waals surface area contributed by atoms with Crippen molar-refractivity contribution in [2.45, 2.75) is 13.3 Å². The van der Waals surface area contributed by atoms with Crippen LogP contribution < -0.4 is 9.47 Å². The Balaban J connectivity index is 2.35. The van der Waals surface area contributed by atoms with Gasteiger partial charge >= 0.3 is 0 Å². The zero-order valence-corrected chi connectivity index (χ0v) is 11.2. The molecule has 100 valence electrons. The zero-order chi connectivity index (χ0) is 13.8. The first-order valence-corrected chi connectivity index (χ1v) is 6.04. The number of aromatic nitrogens is 2. The van der Waals surface area contributed by atoms with E-state index in [0.29, 0.717) is 11.5 Å². The molecule has 0 aliphatic carbocycles. The summed E-state index contributed by atoms with van der Waals surface area (Å²) in [4.78, 5) is 7.21. The summed E-state index contributed by atoms with van der Waals surface area (Å²) in [5, 5.41) is -0.0828. The van der Waals surface area contributed by atoms with Gasteiger partial charge in [0, 0.05) is 0 Å². The molecule has 0 fully saturated rings. The summed E-state index contributed by atoms with van der Waals surface area (Å²) in [7, 11) is 1.52. The molecule has 2 aromatic rings. The maximum atomic E-state index is 13.5. The van der Waals surface area contributed by atoms with Crippen LogP contribution in [-0.2, 0) is 6.42 Å². The molecule has 0 aliphatic rings. The fourth-order valence-corrected chi connectivity index (χ4v) is 1.65. The molecule has 6 heteroatoms. The van der Waals surface area contributed by atoms with Crippen molar-refractivity contribution in [1.82, 2.24) is 9.97 Å². The molecule has 19 heavy (non-hydrogen) atoms. The molecule has 0 saturated heterocycles. The van der Waals surface area contributed by atoms with Crippen molar-refractivity contribution in [3.8, 4) is 17.4 Å². The number of hydrogen-bond donors (Lipinski definition) is 0. The normalized spacial score (nSPS) is 10.3. The van der Waals surface area contributed by atoms with Crippen molar-refractivity contribution < 1.29 is 13.9 Å². The van der Waals surface area contributed by atoms with Gasteiger partial charge in [0.25, 0.3) is 5.88 Å². The average molecular weight is 283 g/mol. The molecule has 0 saturated carbocycles. The fourth-order valence-electron chi connectivity index (χ4n) is 1.52.